The van der Waals surface area contributed by atoms with Gasteiger partial charge in [-0.3, -0.25) is 0 Å². The summed E-state index contributed by atoms with van der Waals surface area (Å²) in [5, 5.41) is 3.62. The summed E-state index contributed by atoms with van der Waals surface area (Å²) in [5.41, 5.74) is 2.67. The average Bonchev–Trinajstić information content (AvgIpc) is 2.75. The van der Waals surface area contributed by atoms with E-state index in [0.717, 1.165) is 18.0 Å². The minimum Gasteiger partial charge on any atom is -0.457 e. The molecule has 96 valence electrons. The zero-order valence-electron chi connectivity index (χ0n) is 11.0. The largest absolute Gasteiger partial charge is 0.457 e. The molecule has 2 aliphatic heterocycles. The minimum atomic E-state index is 0.487. The van der Waals surface area contributed by atoms with Gasteiger partial charge in [0.25, 0.3) is 0 Å². The quantitative estimate of drug-likeness (QED) is 0.771. The summed E-state index contributed by atoms with van der Waals surface area (Å²) in [6.45, 7) is 3.30. The van der Waals surface area contributed by atoms with Gasteiger partial charge in [0.1, 0.15) is 11.5 Å². The lowest BCUT2D eigenvalue weighted by Crippen LogP contribution is -2.21. The number of rotatable bonds is 0. The molecule has 2 aliphatic rings. The van der Waals surface area contributed by atoms with Crippen molar-refractivity contribution < 1.29 is 4.74 Å². The topological polar surface area (TPSA) is 21.3 Å². The molecule has 0 spiro atoms. The highest BCUT2D eigenvalue weighted by atomic mass is 16.5. The molecular formula is C17H17NO. The molecular weight excluding hydrogens is 234 g/mol. The molecule has 2 heterocycles. The van der Waals surface area contributed by atoms with Crippen molar-refractivity contribution >= 4 is 0 Å². The average molecular weight is 251 g/mol. The molecule has 1 N–H and O–H groups in total. The Morgan fingerprint density at radius 2 is 1.58 bits per heavy atom. The Morgan fingerprint density at radius 3 is 2.37 bits per heavy atom. The Bertz CT molecular complexity index is 622. The highest BCUT2D eigenvalue weighted by molar-refractivity contribution is 5.50. The molecule has 0 aromatic heterocycles. The molecule has 3 atom stereocenters. The first-order valence-electron chi connectivity index (χ1n) is 6.93. The van der Waals surface area contributed by atoms with Crippen LogP contribution in [0.15, 0.2) is 48.5 Å². The maximum atomic E-state index is 6.16. The SMILES string of the molecule is CC1NCC2c3ccccc3Oc3ccccc3C12. The molecule has 0 bridgehead atoms. The molecule has 4 rings (SSSR count). The maximum Gasteiger partial charge on any atom is 0.130 e. The number of fused-ring (bicyclic) bond motifs is 5. The van der Waals surface area contributed by atoms with Gasteiger partial charge in [-0.25, -0.2) is 0 Å². The monoisotopic (exact) mass is 251 g/mol. The Balaban J connectivity index is 1.96. The fraction of sp³-hybridized carbons (Fsp3) is 0.294. The first-order chi connectivity index (χ1) is 9.34. The Morgan fingerprint density at radius 1 is 0.947 bits per heavy atom. The third-order valence-electron chi connectivity index (χ3n) is 4.45. The van der Waals surface area contributed by atoms with Gasteiger partial charge in [0, 0.05) is 30.0 Å². The number of para-hydroxylation sites is 2. The van der Waals surface area contributed by atoms with Crippen LogP contribution in [0.5, 0.6) is 11.5 Å². The molecule has 3 unspecified atom stereocenters. The van der Waals surface area contributed by atoms with Crippen molar-refractivity contribution in [1.82, 2.24) is 5.32 Å². The van der Waals surface area contributed by atoms with Crippen molar-refractivity contribution in [2.45, 2.75) is 24.8 Å². The molecule has 2 heteroatoms. The van der Waals surface area contributed by atoms with Crippen molar-refractivity contribution in [3.8, 4) is 11.5 Å². The number of benzene rings is 2. The van der Waals surface area contributed by atoms with E-state index in [1.165, 1.54) is 11.1 Å². The van der Waals surface area contributed by atoms with Crippen molar-refractivity contribution in [3.05, 3.63) is 59.7 Å². The first-order valence-corrected chi connectivity index (χ1v) is 6.93. The third-order valence-corrected chi connectivity index (χ3v) is 4.45. The summed E-state index contributed by atoms with van der Waals surface area (Å²) in [6, 6.07) is 17.4. The second-order valence-electron chi connectivity index (χ2n) is 5.51. The summed E-state index contributed by atoms with van der Waals surface area (Å²) in [7, 11) is 0. The van der Waals surface area contributed by atoms with Gasteiger partial charge < -0.3 is 10.1 Å². The lowest BCUT2D eigenvalue weighted by molar-refractivity contribution is 0.473. The van der Waals surface area contributed by atoms with Crippen LogP contribution in [0.25, 0.3) is 0 Å². The van der Waals surface area contributed by atoms with Crippen molar-refractivity contribution in [1.29, 1.82) is 0 Å². The molecule has 0 aliphatic carbocycles. The molecule has 0 saturated carbocycles. The predicted molar refractivity (Wildman–Crippen MR) is 75.9 cm³/mol. The van der Waals surface area contributed by atoms with Crippen LogP contribution in [-0.4, -0.2) is 12.6 Å². The van der Waals surface area contributed by atoms with Gasteiger partial charge in [0.15, 0.2) is 0 Å². The van der Waals surface area contributed by atoms with E-state index in [4.69, 9.17) is 4.74 Å². The van der Waals surface area contributed by atoms with Crippen LogP contribution < -0.4 is 10.1 Å². The minimum absolute atomic E-state index is 0.487. The predicted octanol–water partition coefficient (Wildman–Crippen LogP) is 3.65. The number of nitrogens with one attached hydrogen (secondary N) is 1. The van der Waals surface area contributed by atoms with E-state index in [9.17, 15) is 0 Å². The smallest absolute Gasteiger partial charge is 0.130 e. The maximum absolute atomic E-state index is 6.16. The van der Waals surface area contributed by atoms with Gasteiger partial charge in [-0.05, 0) is 24.6 Å². The summed E-state index contributed by atoms with van der Waals surface area (Å²) in [5.74, 6) is 3.03. The first kappa shape index (κ1) is 11.1. The van der Waals surface area contributed by atoms with Gasteiger partial charge in [-0.15, -0.1) is 0 Å². The second kappa shape index (κ2) is 4.10. The van der Waals surface area contributed by atoms with E-state index < -0.39 is 0 Å². The van der Waals surface area contributed by atoms with Gasteiger partial charge in [0.05, 0.1) is 0 Å². The molecule has 1 saturated heterocycles. The Hall–Kier alpha value is -1.80. The Kier molecular flexibility index (Phi) is 2.39. The van der Waals surface area contributed by atoms with Gasteiger partial charge in [-0.1, -0.05) is 36.4 Å². The van der Waals surface area contributed by atoms with E-state index in [-0.39, 0.29) is 0 Å². The molecule has 0 amide bonds. The summed E-state index contributed by atoms with van der Waals surface area (Å²) < 4.78 is 6.16. The van der Waals surface area contributed by atoms with Crippen LogP contribution in [0.3, 0.4) is 0 Å². The number of ether oxygens (including phenoxy) is 1. The van der Waals surface area contributed by atoms with Crippen LogP contribution in [0.2, 0.25) is 0 Å². The fourth-order valence-corrected chi connectivity index (χ4v) is 3.55. The fourth-order valence-electron chi connectivity index (χ4n) is 3.55. The van der Waals surface area contributed by atoms with E-state index in [1.807, 2.05) is 6.07 Å². The second-order valence-corrected chi connectivity index (χ2v) is 5.51. The van der Waals surface area contributed by atoms with Crippen LogP contribution in [0, 0.1) is 0 Å². The zero-order valence-corrected chi connectivity index (χ0v) is 11.0. The number of hydrogen-bond acceptors (Lipinski definition) is 2. The summed E-state index contributed by atoms with van der Waals surface area (Å²) >= 11 is 0. The normalized spacial score (nSPS) is 27.7. The van der Waals surface area contributed by atoms with Crippen molar-refractivity contribution in [2.24, 2.45) is 0 Å². The van der Waals surface area contributed by atoms with Crippen LogP contribution in [0.4, 0.5) is 0 Å². The van der Waals surface area contributed by atoms with E-state index in [0.29, 0.717) is 17.9 Å². The van der Waals surface area contributed by atoms with E-state index >= 15 is 0 Å². The third kappa shape index (κ3) is 1.60. The lowest BCUT2D eigenvalue weighted by Gasteiger charge is -2.20. The summed E-state index contributed by atoms with van der Waals surface area (Å²) in [4.78, 5) is 0. The van der Waals surface area contributed by atoms with Gasteiger partial charge >= 0.3 is 0 Å². The van der Waals surface area contributed by atoms with Crippen LogP contribution in [0.1, 0.15) is 29.9 Å². The van der Waals surface area contributed by atoms with E-state index in [2.05, 4.69) is 54.7 Å². The van der Waals surface area contributed by atoms with Crippen LogP contribution in [-0.2, 0) is 0 Å². The highest BCUT2D eigenvalue weighted by Gasteiger charge is 2.39. The van der Waals surface area contributed by atoms with Gasteiger partial charge in [-0.2, -0.15) is 0 Å². The van der Waals surface area contributed by atoms with Gasteiger partial charge in [0.2, 0.25) is 0 Å². The standard InChI is InChI=1S/C17H17NO/c1-11-17-13-7-3-5-9-16(13)19-15-8-4-2-6-12(15)14(17)10-18-11/h2-9,11,14,17-18H,10H2,1H3. The molecule has 2 nitrogen and oxygen atoms in total. The van der Waals surface area contributed by atoms with Crippen molar-refractivity contribution in [3.63, 3.8) is 0 Å². The van der Waals surface area contributed by atoms with E-state index in [1.54, 1.807) is 0 Å². The summed E-state index contributed by atoms with van der Waals surface area (Å²) in [6.07, 6.45) is 0. The molecule has 0 radical (unpaired) electrons. The molecule has 1 fully saturated rings. The molecule has 19 heavy (non-hydrogen) atoms. The highest BCUT2D eigenvalue weighted by Crippen LogP contribution is 2.49. The van der Waals surface area contributed by atoms with Crippen LogP contribution >= 0.6 is 0 Å². The lowest BCUT2D eigenvalue weighted by atomic mass is 9.81. The number of hydrogen-bond donors (Lipinski definition) is 1. The molecule has 2 aromatic carbocycles. The Labute approximate surface area is 113 Å². The van der Waals surface area contributed by atoms with Crippen molar-refractivity contribution in [2.75, 3.05) is 6.54 Å². The molecule has 2 aromatic rings. The zero-order chi connectivity index (χ0) is 12.8.